The van der Waals surface area contributed by atoms with E-state index in [1.165, 1.54) is 5.56 Å². The van der Waals surface area contributed by atoms with Crippen LogP contribution in [0.15, 0.2) is 30.3 Å². The van der Waals surface area contributed by atoms with Crippen LogP contribution in [0.5, 0.6) is 0 Å². The van der Waals surface area contributed by atoms with Crippen LogP contribution in [0.3, 0.4) is 0 Å². The fraction of sp³-hybridized carbons (Fsp3) is 0.462. The van der Waals surface area contributed by atoms with Gasteiger partial charge >= 0.3 is 0 Å². The molecule has 2 heteroatoms. The van der Waals surface area contributed by atoms with E-state index in [4.69, 9.17) is 0 Å². The molecule has 0 aromatic heterocycles. The predicted octanol–water partition coefficient (Wildman–Crippen LogP) is 2.49. The zero-order chi connectivity index (χ0) is 11.3. The second-order valence-electron chi connectivity index (χ2n) is 3.90. The van der Waals surface area contributed by atoms with E-state index in [2.05, 4.69) is 19.1 Å². The fourth-order valence-electron chi connectivity index (χ4n) is 1.59. The van der Waals surface area contributed by atoms with Crippen LogP contribution in [-0.2, 0) is 11.2 Å². The summed E-state index contributed by atoms with van der Waals surface area (Å²) in [6.07, 6.45) is 1.50. The largest absolute Gasteiger partial charge is 0.343 e. The third-order valence-corrected chi connectivity index (χ3v) is 2.73. The maximum absolute atomic E-state index is 11.5. The van der Waals surface area contributed by atoms with E-state index >= 15 is 0 Å². The molecule has 0 bridgehead atoms. The number of carbonyl (C=O) groups is 1. The van der Waals surface area contributed by atoms with Crippen LogP contribution in [0.25, 0.3) is 0 Å². The van der Waals surface area contributed by atoms with E-state index < -0.39 is 0 Å². The molecule has 0 spiro atoms. The van der Waals surface area contributed by atoms with Crippen LogP contribution >= 0.6 is 0 Å². The molecule has 0 fully saturated rings. The minimum atomic E-state index is 0.207. The summed E-state index contributed by atoms with van der Waals surface area (Å²) < 4.78 is 0. The fourth-order valence-corrected chi connectivity index (χ4v) is 1.59. The Labute approximate surface area is 91.9 Å². The summed E-state index contributed by atoms with van der Waals surface area (Å²) in [5.41, 5.74) is 1.28. The van der Waals surface area contributed by atoms with Gasteiger partial charge in [-0.05, 0) is 18.9 Å². The average molecular weight is 205 g/mol. The second-order valence-corrected chi connectivity index (χ2v) is 3.90. The molecule has 1 atom stereocenters. The van der Waals surface area contributed by atoms with Crippen LogP contribution in [0.1, 0.15) is 25.8 Å². The van der Waals surface area contributed by atoms with Crippen LogP contribution in [0.4, 0.5) is 0 Å². The van der Waals surface area contributed by atoms with Gasteiger partial charge in [-0.25, -0.2) is 0 Å². The lowest BCUT2D eigenvalue weighted by atomic mass is 10.1. The van der Waals surface area contributed by atoms with Crippen molar-refractivity contribution in [3.63, 3.8) is 0 Å². The Kier molecular flexibility index (Phi) is 4.35. The molecule has 0 saturated heterocycles. The quantitative estimate of drug-likeness (QED) is 0.739. The van der Waals surface area contributed by atoms with Crippen molar-refractivity contribution in [2.75, 3.05) is 7.05 Å². The van der Waals surface area contributed by atoms with Gasteiger partial charge in [0.2, 0.25) is 5.91 Å². The smallest absolute Gasteiger partial charge is 0.222 e. The van der Waals surface area contributed by atoms with Gasteiger partial charge in [0, 0.05) is 19.5 Å². The Bertz CT molecular complexity index is 308. The number of amides is 1. The van der Waals surface area contributed by atoms with Crippen molar-refractivity contribution < 1.29 is 4.79 Å². The monoisotopic (exact) mass is 205 g/mol. The third-order valence-electron chi connectivity index (χ3n) is 2.73. The molecular weight excluding hydrogens is 186 g/mol. The summed E-state index contributed by atoms with van der Waals surface area (Å²) >= 11 is 0. The second kappa shape index (κ2) is 5.54. The van der Waals surface area contributed by atoms with Gasteiger partial charge in [-0.15, -0.1) is 0 Å². The van der Waals surface area contributed by atoms with Gasteiger partial charge < -0.3 is 4.90 Å². The van der Waals surface area contributed by atoms with Gasteiger partial charge in [-0.3, -0.25) is 4.79 Å². The number of hydrogen-bond donors (Lipinski definition) is 0. The molecule has 0 radical (unpaired) electrons. The summed E-state index contributed by atoms with van der Waals surface area (Å²) in [7, 11) is 1.87. The van der Waals surface area contributed by atoms with Crippen molar-refractivity contribution in [3.8, 4) is 0 Å². The highest BCUT2D eigenvalue weighted by molar-refractivity contribution is 5.75. The first-order chi connectivity index (χ1) is 7.15. The molecule has 82 valence electrons. The van der Waals surface area contributed by atoms with Crippen molar-refractivity contribution >= 4 is 5.91 Å². The molecule has 0 aliphatic rings. The number of rotatable bonds is 4. The molecule has 0 heterocycles. The minimum Gasteiger partial charge on any atom is -0.343 e. The van der Waals surface area contributed by atoms with Crippen molar-refractivity contribution in [2.24, 2.45) is 0 Å². The topological polar surface area (TPSA) is 20.3 Å². The van der Waals surface area contributed by atoms with Crippen LogP contribution in [0, 0.1) is 0 Å². The molecule has 0 N–H and O–H groups in total. The van der Waals surface area contributed by atoms with Crippen LogP contribution in [-0.4, -0.2) is 23.9 Å². The van der Waals surface area contributed by atoms with E-state index in [0.29, 0.717) is 6.42 Å². The average Bonchev–Trinajstić information content (AvgIpc) is 2.28. The van der Waals surface area contributed by atoms with Gasteiger partial charge in [0.1, 0.15) is 0 Å². The highest BCUT2D eigenvalue weighted by atomic mass is 16.2. The number of hydrogen-bond acceptors (Lipinski definition) is 1. The van der Waals surface area contributed by atoms with Gasteiger partial charge in [0.25, 0.3) is 0 Å². The summed E-state index contributed by atoms with van der Waals surface area (Å²) in [4.78, 5) is 13.3. The zero-order valence-corrected chi connectivity index (χ0v) is 9.73. The van der Waals surface area contributed by atoms with Crippen molar-refractivity contribution in [1.82, 2.24) is 4.90 Å². The standard InChI is InChI=1S/C13H19NO/c1-4-13(15)14(3)11(2)10-12-8-6-5-7-9-12/h5-9,11H,4,10H2,1-3H3/t11-/m1/s1. The molecule has 2 nitrogen and oxygen atoms in total. The van der Waals surface area contributed by atoms with Crippen LogP contribution < -0.4 is 0 Å². The van der Waals surface area contributed by atoms with Crippen molar-refractivity contribution in [1.29, 1.82) is 0 Å². The first-order valence-corrected chi connectivity index (χ1v) is 5.44. The molecule has 15 heavy (non-hydrogen) atoms. The summed E-state index contributed by atoms with van der Waals surface area (Å²) in [6, 6.07) is 10.5. The van der Waals surface area contributed by atoms with Gasteiger partial charge in [0.05, 0.1) is 0 Å². The molecule has 1 rings (SSSR count). The SMILES string of the molecule is CCC(=O)N(C)[C@H](C)Cc1ccccc1. The van der Waals surface area contributed by atoms with E-state index in [-0.39, 0.29) is 11.9 Å². The first-order valence-electron chi connectivity index (χ1n) is 5.44. The van der Waals surface area contributed by atoms with Crippen LogP contribution in [0.2, 0.25) is 0 Å². The highest BCUT2D eigenvalue weighted by Gasteiger charge is 2.13. The Balaban J connectivity index is 2.56. The molecule has 0 aliphatic carbocycles. The Morgan fingerprint density at radius 1 is 1.33 bits per heavy atom. The van der Waals surface area contributed by atoms with E-state index in [1.807, 2.05) is 37.1 Å². The molecule has 1 amide bonds. The molecular formula is C13H19NO. The third kappa shape index (κ3) is 3.39. The highest BCUT2D eigenvalue weighted by Crippen LogP contribution is 2.08. The summed E-state index contributed by atoms with van der Waals surface area (Å²) in [5.74, 6) is 0.207. The van der Waals surface area contributed by atoms with Crippen molar-refractivity contribution in [2.45, 2.75) is 32.7 Å². The molecule has 0 aliphatic heterocycles. The maximum Gasteiger partial charge on any atom is 0.222 e. The van der Waals surface area contributed by atoms with E-state index in [9.17, 15) is 4.79 Å². The first kappa shape index (κ1) is 11.8. The Morgan fingerprint density at radius 3 is 2.47 bits per heavy atom. The Morgan fingerprint density at radius 2 is 1.93 bits per heavy atom. The molecule has 0 saturated carbocycles. The summed E-state index contributed by atoms with van der Waals surface area (Å²) in [6.45, 7) is 3.98. The lowest BCUT2D eigenvalue weighted by Gasteiger charge is -2.24. The number of carbonyl (C=O) groups excluding carboxylic acids is 1. The van der Waals surface area contributed by atoms with E-state index in [0.717, 1.165) is 6.42 Å². The number of benzene rings is 1. The van der Waals surface area contributed by atoms with Crippen molar-refractivity contribution in [3.05, 3.63) is 35.9 Å². The minimum absolute atomic E-state index is 0.207. The molecule has 0 unspecified atom stereocenters. The number of nitrogens with zero attached hydrogens (tertiary/aromatic N) is 1. The normalized spacial score (nSPS) is 12.2. The van der Waals surface area contributed by atoms with Gasteiger partial charge in [-0.2, -0.15) is 0 Å². The predicted molar refractivity (Wildman–Crippen MR) is 62.7 cm³/mol. The molecule has 1 aromatic rings. The zero-order valence-electron chi connectivity index (χ0n) is 9.73. The van der Waals surface area contributed by atoms with Gasteiger partial charge in [-0.1, -0.05) is 37.3 Å². The Hall–Kier alpha value is -1.31. The van der Waals surface area contributed by atoms with E-state index in [1.54, 1.807) is 0 Å². The summed E-state index contributed by atoms with van der Waals surface area (Å²) in [5, 5.41) is 0. The number of likely N-dealkylation sites (N-methyl/N-ethyl adjacent to an activating group) is 1. The molecule has 1 aromatic carbocycles. The maximum atomic E-state index is 11.5. The van der Waals surface area contributed by atoms with Gasteiger partial charge in [0.15, 0.2) is 0 Å². The lowest BCUT2D eigenvalue weighted by Crippen LogP contribution is -2.35. The lowest BCUT2D eigenvalue weighted by molar-refractivity contribution is -0.131.